The maximum atomic E-state index is 12.5. The molecular formula is C17H23N3O3S. The van der Waals surface area contributed by atoms with Crippen molar-refractivity contribution < 1.29 is 13.9 Å². The molecule has 7 heteroatoms. The van der Waals surface area contributed by atoms with E-state index in [1.54, 1.807) is 6.92 Å². The quantitative estimate of drug-likeness (QED) is 0.898. The van der Waals surface area contributed by atoms with Crippen LogP contribution in [0.25, 0.3) is 10.8 Å². The highest BCUT2D eigenvalue weighted by molar-refractivity contribution is 7.13. The molecule has 24 heavy (non-hydrogen) atoms. The van der Waals surface area contributed by atoms with Crippen molar-refractivity contribution >= 4 is 17.2 Å². The first-order valence-corrected chi connectivity index (χ1v) is 8.97. The van der Waals surface area contributed by atoms with Gasteiger partial charge in [-0.3, -0.25) is 9.69 Å². The van der Waals surface area contributed by atoms with Crippen LogP contribution >= 0.6 is 11.3 Å². The van der Waals surface area contributed by atoms with Crippen LogP contribution in [0.1, 0.15) is 30.1 Å². The maximum absolute atomic E-state index is 12.5. The minimum atomic E-state index is -0.194. The molecule has 3 rings (SSSR count). The predicted molar refractivity (Wildman–Crippen MR) is 93.4 cm³/mol. The monoisotopic (exact) mass is 349 g/mol. The SMILES string of the molecule is Cc1oc(-c2cccs2)nc1C(=O)NCC(C)(C)N1CCOCC1. The molecule has 0 radical (unpaired) electrons. The van der Waals surface area contributed by atoms with E-state index in [0.717, 1.165) is 31.2 Å². The van der Waals surface area contributed by atoms with Crippen molar-refractivity contribution in [2.24, 2.45) is 0 Å². The largest absolute Gasteiger partial charge is 0.440 e. The summed E-state index contributed by atoms with van der Waals surface area (Å²) in [6.07, 6.45) is 0. The first kappa shape index (κ1) is 17.1. The smallest absolute Gasteiger partial charge is 0.273 e. The molecule has 1 aliphatic heterocycles. The second-order valence-corrected chi connectivity index (χ2v) is 7.44. The van der Waals surface area contributed by atoms with E-state index in [1.165, 1.54) is 11.3 Å². The number of carbonyl (C=O) groups excluding carboxylic acids is 1. The van der Waals surface area contributed by atoms with Crippen molar-refractivity contribution in [2.45, 2.75) is 26.3 Å². The van der Waals surface area contributed by atoms with E-state index in [-0.39, 0.29) is 11.4 Å². The lowest BCUT2D eigenvalue weighted by Gasteiger charge is -2.40. The van der Waals surface area contributed by atoms with Gasteiger partial charge < -0.3 is 14.5 Å². The lowest BCUT2D eigenvalue weighted by Crippen LogP contribution is -2.55. The number of nitrogens with zero attached hydrogens (tertiary/aromatic N) is 2. The van der Waals surface area contributed by atoms with Crippen LogP contribution in [0.15, 0.2) is 21.9 Å². The van der Waals surface area contributed by atoms with Crippen LogP contribution in [0, 0.1) is 6.92 Å². The molecule has 0 atom stereocenters. The molecule has 0 aromatic carbocycles. The van der Waals surface area contributed by atoms with Gasteiger partial charge in [-0.25, -0.2) is 4.98 Å². The Morgan fingerprint density at radius 3 is 2.83 bits per heavy atom. The van der Waals surface area contributed by atoms with Gasteiger partial charge in [0.05, 0.1) is 18.1 Å². The van der Waals surface area contributed by atoms with Crippen LogP contribution < -0.4 is 5.32 Å². The molecule has 1 amide bonds. The van der Waals surface area contributed by atoms with Gasteiger partial charge in [-0.2, -0.15) is 0 Å². The van der Waals surface area contributed by atoms with Crippen LogP contribution in [-0.4, -0.2) is 54.2 Å². The number of amides is 1. The van der Waals surface area contributed by atoms with E-state index in [9.17, 15) is 4.79 Å². The summed E-state index contributed by atoms with van der Waals surface area (Å²) in [5.41, 5.74) is 0.226. The number of hydrogen-bond donors (Lipinski definition) is 1. The zero-order valence-corrected chi connectivity index (χ0v) is 15.1. The molecule has 130 valence electrons. The highest BCUT2D eigenvalue weighted by Crippen LogP contribution is 2.26. The fraction of sp³-hybridized carbons (Fsp3) is 0.529. The average Bonchev–Trinajstić information content (AvgIpc) is 3.23. The van der Waals surface area contributed by atoms with E-state index >= 15 is 0 Å². The Bertz CT molecular complexity index is 688. The third kappa shape index (κ3) is 3.68. The molecule has 1 fully saturated rings. The number of aromatic nitrogens is 1. The molecule has 1 saturated heterocycles. The lowest BCUT2D eigenvalue weighted by molar-refractivity contribution is -0.00924. The minimum Gasteiger partial charge on any atom is -0.440 e. The van der Waals surface area contributed by atoms with Crippen molar-refractivity contribution in [3.05, 3.63) is 29.0 Å². The number of rotatable bonds is 5. The van der Waals surface area contributed by atoms with Gasteiger partial charge in [-0.05, 0) is 32.2 Å². The molecular weight excluding hydrogens is 326 g/mol. The molecule has 1 aliphatic rings. The molecule has 3 heterocycles. The Morgan fingerprint density at radius 2 is 2.17 bits per heavy atom. The highest BCUT2D eigenvalue weighted by atomic mass is 32.1. The Hall–Kier alpha value is -1.70. The van der Waals surface area contributed by atoms with Crippen molar-refractivity contribution in [2.75, 3.05) is 32.8 Å². The number of ether oxygens (including phenoxy) is 1. The number of nitrogens with one attached hydrogen (secondary N) is 1. The summed E-state index contributed by atoms with van der Waals surface area (Å²) >= 11 is 1.54. The first-order valence-electron chi connectivity index (χ1n) is 8.10. The number of hydrogen-bond acceptors (Lipinski definition) is 6. The van der Waals surface area contributed by atoms with Gasteiger partial charge in [0.25, 0.3) is 5.91 Å². The van der Waals surface area contributed by atoms with Gasteiger partial charge in [0.2, 0.25) is 5.89 Å². The van der Waals surface area contributed by atoms with E-state index < -0.39 is 0 Å². The van der Waals surface area contributed by atoms with Gasteiger partial charge in [-0.1, -0.05) is 6.07 Å². The Morgan fingerprint density at radius 1 is 1.42 bits per heavy atom. The zero-order valence-electron chi connectivity index (χ0n) is 14.3. The molecule has 6 nitrogen and oxygen atoms in total. The zero-order chi connectivity index (χ0) is 17.2. The summed E-state index contributed by atoms with van der Waals surface area (Å²) in [6, 6.07) is 3.86. The molecule has 0 spiro atoms. The Balaban J connectivity index is 1.64. The molecule has 0 unspecified atom stereocenters. The van der Waals surface area contributed by atoms with Crippen LogP contribution in [0.5, 0.6) is 0 Å². The number of oxazole rings is 1. The second-order valence-electron chi connectivity index (χ2n) is 6.50. The van der Waals surface area contributed by atoms with Gasteiger partial charge >= 0.3 is 0 Å². The van der Waals surface area contributed by atoms with Crippen LogP contribution in [0.3, 0.4) is 0 Å². The topological polar surface area (TPSA) is 67.6 Å². The molecule has 2 aromatic rings. The summed E-state index contributed by atoms with van der Waals surface area (Å²) in [5.74, 6) is 0.848. The number of morpholine rings is 1. The van der Waals surface area contributed by atoms with Crippen molar-refractivity contribution in [3.8, 4) is 10.8 Å². The number of aryl methyl sites for hydroxylation is 1. The lowest BCUT2D eigenvalue weighted by atomic mass is 10.0. The molecule has 0 bridgehead atoms. The van der Waals surface area contributed by atoms with Crippen molar-refractivity contribution in [3.63, 3.8) is 0 Å². The van der Waals surface area contributed by atoms with E-state index in [1.807, 2.05) is 17.5 Å². The Labute approximate surface area is 145 Å². The third-order valence-electron chi connectivity index (χ3n) is 4.29. The highest BCUT2D eigenvalue weighted by Gasteiger charge is 2.29. The van der Waals surface area contributed by atoms with E-state index in [4.69, 9.17) is 9.15 Å². The third-order valence-corrected chi connectivity index (χ3v) is 5.15. The molecule has 2 aromatic heterocycles. The normalized spacial score (nSPS) is 16.3. The summed E-state index contributed by atoms with van der Waals surface area (Å²) in [5, 5.41) is 4.95. The minimum absolute atomic E-state index is 0.131. The van der Waals surface area contributed by atoms with Crippen LogP contribution in [0.2, 0.25) is 0 Å². The summed E-state index contributed by atoms with van der Waals surface area (Å²) in [4.78, 5) is 20.1. The fourth-order valence-corrected chi connectivity index (χ4v) is 3.42. The van der Waals surface area contributed by atoms with Crippen molar-refractivity contribution in [1.82, 2.24) is 15.2 Å². The molecule has 0 saturated carbocycles. The number of thiophene rings is 1. The van der Waals surface area contributed by atoms with Gasteiger partial charge in [0, 0.05) is 25.2 Å². The summed E-state index contributed by atoms with van der Waals surface area (Å²) < 4.78 is 11.0. The van der Waals surface area contributed by atoms with Crippen LogP contribution in [0.4, 0.5) is 0 Å². The van der Waals surface area contributed by atoms with Crippen molar-refractivity contribution in [1.29, 1.82) is 0 Å². The Kier molecular flexibility index (Phi) is 5.03. The average molecular weight is 349 g/mol. The molecule has 0 aliphatic carbocycles. The van der Waals surface area contributed by atoms with E-state index in [0.29, 0.717) is 23.9 Å². The summed E-state index contributed by atoms with van der Waals surface area (Å²) in [7, 11) is 0. The van der Waals surface area contributed by atoms with Crippen LogP contribution in [-0.2, 0) is 4.74 Å². The van der Waals surface area contributed by atoms with Gasteiger partial charge in [-0.15, -0.1) is 11.3 Å². The standard InChI is InChI=1S/C17H23N3O3S/c1-12-14(19-16(23-12)13-5-4-10-24-13)15(21)18-11-17(2,3)20-6-8-22-9-7-20/h4-5,10H,6-9,11H2,1-3H3,(H,18,21). The molecule has 1 N–H and O–H groups in total. The van der Waals surface area contributed by atoms with Gasteiger partial charge in [0.15, 0.2) is 5.69 Å². The fourth-order valence-electron chi connectivity index (χ4n) is 2.77. The predicted octanol–water partition coefficient (Wildman–Crippen LogP) is 2.55. The maximum Gasteiger partial charge on any atom is 0.273 e. The summed E-state index contributed by atoms with van der Waals surface area (Å²) in [6.45, 7) is 9.83. The number of carbonyl (C=O) groups is 1. The van der Waals surface area contributed by atoms with Gasteiger partial charge in [0.1, 0.15) is 5.76 Å². The van der Waals surface area contributed by atoms with E-state index in [2.05, 4.69) is 29.0 Å². The second kappa shape index (κ2) is 7.04. The first-order chi connectivity index (χ1) is 11.5.